The molecule has 0 amide bonds. The van der Waals surface area contributed by atoms with Crippen molar-refractivity contribution in [3.63, 3.8) is 0 Å². The summed E-state index contributed by atoms with van der Waals surface area (Å²) < 4.78 is 7.29. The highest BCUT2D eigenvalue weighted by Gasteiger charge is 2.19. The molecule has 0 aliphatic rings. The lowest BCUT2D eigenvalue weighted by molar-refractivity contribution is 1.18. The van der Waals surface area contributed by atoms with Crippen molar-refractivity contribution in [2.75, 3.05) is 0 Å². The molecule has 0 saturated carbocycles. The molecule has 3 nitrogen and oxygen atoms in total. The van der Waals surface area contributed by atoms with Gasteiger partial charge in [-0.25, -0.2) is 0 Å². The fraction of sp³-hybridized carbons (Fsp3) is 0. The van der Waals surface area contributed by atoms with Crippen LogP contribution in [0, 0.1) is 0 Å². The number of nitrogens with zero attached hydrogens (tertiary/aromatic N) is 3. The highest BCUT2D eigenvalue weighted by Crippen LogP contribution is 2.42. The molecule has 0 bridgehead atoms. The first-order chi connectivity index (χ1) is 30.2. The molecule has 0 aliphatic heterocycles. The summed E-state index contributed by atoms with van der Waals surface area (Å²) >= 11 is 0. The van der Waals surface area contributed by atoms with Crippen molar-refractivity contribution in [1.82, 2.24) is 13.5 Å². The Balaban J connectivity index is 0.871. The van der Waals surface area contributed by atoms with E-state index in [1.54, 1.807) is 0 Å². The summed E-state index contributed by atoms with van der Waals surface area (Å²) in [4.78, 5) is 0. The number of hydrogen-bond acceptors (Lipinski definition) is 0. The number of hydrogen-bond donors (Lipinski definition) is 0. The van der Waals surface area contributed by atoms with Crippen LogP contribution in [0.5, 0.6) is 0 Å². The third kappa shape index (κ3) is 4.58. The minimum Gasteiger partial charge on any atom is -0.309 e. The molecule has 0 radical (unpaired) electrons. The van der Waals surface area contributed by atoms with Crippen LogP contribution in [0.2, 0.25) is 0 Å². The van der Waals surface area contributed by atoms with Crippen molar-refractivity contribution < 1.29 is 0 Å². The Bertz CT molecular complexity index is 4100. The second kappa shape index (κ2) is 12.2. The summed E-state index contributed by atoms with van der Waals surface area (Å²) in [7, 11) is 0. The van der Waals surface area contributed by atoms with E-state index >= 15 is 0 Å². The van der Waals surface area contributed by atoms with Crippen LogP contribution in [0.15, 0.2) is 212 Å². The Kier molecular flexibility index (Phi) is 6.56. The van der Waals surface area contributed by atoms with Crippen LogP contribution in [0.25, 0.3) is 126 Å². The van der Waals surface area contributed by atoms with Gasteiger partial charge in [0.25, 0.3) is 0 Å². The zero-order chi connectivity index (χ0) is 39.8. The standard InChI is InChI=1S/C58H35N3/c1-2-11-38-32-43(28-22-36(38)10-1)60-53-18-7-5-14-46(53)51-34-40(25-31-56(51)60)39-24-30-55-50(33-39)45-13-4-6-17-52(45)59(55)42-26-20-37(21-27-42)41-23-29-47-49-16-9-15-48-44-12-3-8-19-54(44)61(58(48)49)57(47)35-41/h1-35H. The van der Waals surface area contributed by atoms with Gasteiger partial charge >= 0.3 is 0 Å². The van der Waals surface area contributed by atoms with Crippen LogP contribution >= 0.6 is 0 Å². The van der Waals surface area contributed by atoms with Gasteiger partial charge in [0.2, 0.25) is 0 Å². The molecule has 14 rings (SSSR count). The van der Waals surface area contributed by atoms with E-state index in [1.165, 1.54) is 120 Å². The molecule has 14 aromatic rings. The average Bonchev–Trinajstić information content (AvgIpc) is 4.05. The maximum absolute atomic E-state index is 2.46. The summed E-state index contributed by atoms with van der Waals surface area (Å²) in [6.45, 7) is 0. The van der Waals surface area contributed by atoms with Gasteiger partial charge in [0, 0.05) is 54.5 Å². The second-order valence-corrected chi connectivity index (χ2v) is 16.5. The Hall–Kier alpha value is -8.14. The molecule has 61 heavy (non-hydrogen) atoms. The SMILES string of the molecule is c1ccc2cc(-n3c4ccccc4c4cc(-c5ccc6c(c5)c5ccccc5n6-c5ccc(-c6ccc7c8cccc9c%10ccccc%10n(c7c6)c98)cc5)ccc43)ccc2c1. The third-order valence-electron chi connectivity index (χ3n) is 13.4. The van der Waals surface area contributed by atoms with E-state index in [-0.39, 0.29) is 0 Å². The monoisotopic (exact) mass is 773 g/mol. The van der Waals surface area contributed by atoms with Crippen molar-refractivity contribution in [3.05, 3.63) is 212 Å². The van der Waals surface area contributed by atoms with Crippen LogP contribution < -0.4 is 0 Å². The Morgan fingerprint density at radius 1 is 0.230 bits per heavy atom. The van der Waals surface area contributed by atoms with Crippen molar-refractivity contribution in [2.24, 2.45) is 0 Å². The van der Waals surface area contributed by atoms with Gasteiger partial charge in [0.1, 0.15) is 0 Å². The molecule has 0 fully saturated rings. The van der Waals surface area contributed by atoms with Gasteiger partial charge in [0.05, 0.1) is 38.6 Å². The number of aromatic nitrogens is 3. The maximum Gasteiger partial charge on any atom is 0.0620 e. The molecule has 4 heterocycles. The van der Waals surface area contributed by atoms with Gasteiger partial charge in [-0.2, -0.15) is 0 Å². The van der Waals surface area contributed by atoms with Crippen molar-refractivity contribution in [3.8, 4) is 33.6 Å². The molecule has 10 aromatic carbocycles. The quantitative estimate of drug-likeness (QED) is 0.169. The molecular weight excluding hydrogens is 739 g/mol. The summed E-state index contributed by atoms with van der Waals surface area (Å²) in [5.41, 5.74) is 15.8. The number of para-hydroxylation sites is 4. The zero-order valence-electron chi connectivity index (χ0n) is 33.0. The molecule has 0 spiro atoms. The van der Waals surface area contributed by atoms with Crippen LogP contribution in [0.3, 0.4) is 0 Å². The van der Waals surface area contributed by atoms with Gasteiger partial charge in [-0.1, -0.05) is 140 Å². The predicted molar refractivity (Wildman–Crippen MR) is 258 cm³/mol. The minimum atomic E-state index is 1.15. The highest BCUT2D eigenvalue weighted by molar-refractivity contribution is 6.23. The smallest absolute Gasteiger partial charge is 0.0620 e. The normalized spacial score (nSPS) is 12.3. The van der Waals surface area contributed by atoms with Crippen LogP contribution in [0.1, 0.15) is 0 Å². The highest BCUT2D eigenvalue weighted by atomic mass is 15.0. The zero-order valence-corrected chi connectivity index (χ0v) is 33.0. The fourth-order valence-electron chi connectivity index (χ4n) is 10.6. The van der Waals surface area contributed by atoms with Gasteiger partial charge in [0.15, 0.2) is 0 Å². The summed E-state index contributed by atoms with van der Waals surface area (Å²) in [6, 6.07) is 78.5. The van der Waals surface area contributed by atoms with Crippen LogP contribution in [0.4, 0.5) is 0 Å². The average molecular weight is 774 g/mol. The van der Waals surface area contributed by atoms with E-state index in [0.717, 1.165) is 5.69 Å². The minimum absolute atomic E-state index is 1.15. The van der Waals surface area contributed by atoms with E-state index in [0.29, 0.717) is 0 Å². The van der Waals surface area contributed by atoms with Gasteiger partial charge in [-0.3, -0.25) is 0 Å². The predicted octanol–water partition coefficient (Wildman–Crippen LogP) is 15.5. The van der Waals surface area contributed by atoms with Crippen LogP contribution in [-0.2, 0) is 0 Å². The molecule has 282 valence electrons. The van der Waals surface area contributed by atoms with E-state index in [9.17, 15) is 0 Å². The number of fused-ring (bicyclic) bond motifs is 13. The van der Waals surface area contributed by atoms with E-state index < -0.39 is 0 Å². The first-order valence-electron chi connectivity index (χ1n) is 21.1. The first kappa shape index (κ1) is 32.8. The molecule has 4 aromatic heterocycles. The second-order valence-electron chi connectivity index (χ2n) is 16.5. The van der Waals surface area contributed by atoms with Crippen molar-refractivity contribution in [1.29, 1.82) is 0 Å². The van der Waals surface area contributed by atoms with Crippen LogP contribution in [-0.4, -0.2) is 13.5 Å². The Morgan fingerprint density at radius 3 is 1.36 bits per heavy atom. The molecule has 0 unspecified atom stereocenters. The summed E-state index contributed by atoms with van der Waals surface area (Å²) in [5.74, 6) is 0. The van der Waals surface area contributed by atoms with Crippen molar-refractivity contribution in [2.45, 2.75) is 0 Å². The summed E-state index contributed by atoms with van der Waals surface area (Å²) in [5, 5.41) is 12.7. The lowest BCUT2D eigenvalue weighted by Crippen LogP contribution is -1.94. The van der Waals surface area contributed by atoms with E-state index in [1.807, 2.05) is 0 Å². The molecule has 3 heteroatoms. The number of rotatable bonds is 4. The lowest BCUT2D eigenvalue weighted by atomic mass is 10.0. The molecule has 0 saturated heterocycles. The van der Waals surface area contributed by atoms with Crippen molar-refractivity contribution >= 4 is 92.5 Å². The lowest BCUT2D eigenvalue weighted by Gasteiger charge is -2.11. The Labute approximate surface area is 350 Å². The molecule has 0 N–H and O–H groups in total. The Morgan fingerprint density at radius 2 is 0.689 bits per heavy atom. The first-order valence-corrected chi connectivity index (χ1v) is 21.1. The van der Waals surface area contributed by atoms with Gasteiger partial charge in [-0.05, 0) is 106 Å². The fourth-order valence-corrected chi connectivity index (χ4v) is 10.6. The van der Waals surface area contributed by atoms with E-state index in [4.69, 9.17) is 0 Å². The molecular formula is C58H35N3. The largest absolute Gasteiger partial charge is 0.309 e. The molecule has 0 aliphatic carbocycles. The topological polar surface area (TPSA) is 14.3 Å². The van der Waals surface area contributed by atoms with Gasteiger partial charge in [-0.15, -0.1) is 0 Å². The maximum atomic E-state index is 2.46. The van der Waals surface area contributed by atoms with E-state index in [2.05, 4.69) is 226 Å². The number of benzene rings is 10. The molecule has 0 atom stereocenters. The summed E-state index contributed by atoms with van der Waals surface area (Å²) in [6.07, 6.45) is 0. The third-order valence-corrected chi connectivity index (χ3v) is 13.4. The van der Waals surface area contributed by atoms with Gasteiger partial charge < -0.3 is 13.5 Å².